The van der Waals surface area contributed by atoms with Crippen molar-refractivity contribution in [2.75, 3.05) is 23.9 Å². The predicted molar refractivity (Wildman–Crippen MR) is 85.0 cm³/mol. The van der Waals surface area contributed by atoms with Crippen LogP contribution < -0.4 is 10.6 Å². The summed E-state index contributed by atoms with van der Waals surface area (Å²) in [6.45, 7) is 4.00. The van der Waals surface area contributed by atoms with Crippen LogP contribution in [0.15, 0.2) is 12.3 Å². The third kappa shape index (κ3) is 5.22. The SMILES string of the molecule is CCSCCC(C)NC(=O)c1cc([N+](=O)[O-])cnc1NC. The molecule has 1 rings (SSSR count). The van der Waals surface area contributed by atoms with Crippen LogP contribution in [0.5, 0.6) is 0 Å². The number of rotatable bonds is 8. The molecule has 21 heavy (non-hydrogen) atoms. The van der Waals surface area contributed by atoms with Gasteiger partial charge in [-0.2, -0.15) is 11.8 Å². The van der Waals surface area contributed by atoms with Crippen LogP contribution in [-0.4, -0.2) is 40.4 Å². The highest BCUT2D eigenvalue weighted by Crippen LogP contribution is 2.19. The molecule has 0 aliphatic heterocycles. The monoisotopic (exact) mass is 312 g/mol. The minimum absolute atomic E-state index is 0.000480. The van der Waals surface area contributed by atoms with Gasteiger partial charge in [0.2, 0.25) is 0 Å². The molecule has 0 saturated heterocycles. The number of aromatic nitrogens is 1. The zero-order valence-corrected chi connectivity index (χ0v) is 13.2. The van der Waals surface area contributed by atoms with E-state index < -0.39 is 4.92 Å². The summed E-state index contributed by atoms with van der Waals surface area (Å²) in [7, 11) is 1.62. The molecule has 0 aliphatic rings. The highest BCUT2D eigenvalue weighted by molar-refractivity contribution is 7.99. The molecule has 1 amide bonds. The van der Waals surface area contributed by atoms with E-state index in [9.17, 15) is 14.9 Å². The number of anilines is 1. The Morgan fingerprint density at radius 2 is 2.29 bits per heavy atom. The van der Waals surface area contributed by atoms with Gasteiger partial charge in [-0.1, -0.05) is 6.92 Å². The van der Waals surface area contributed by atoms with Gasteiger partial charge in [0.15, 0.2) is 0 Å². The van der Waals surface area contributed by atoms with Gasteiger partial charge >= 0.3 is 0 Å². The average molecular weight is 312 g/mol. The van der Waals surface area contributed by atoms with E-state index in [1.165, 1.54) is 6.07 Å². The molecular formula is C13H20N4O3S. The Hall–Kier alpha value is -1.83. The van der Waals surface area contributed by atoms with Crippen molar-refractivity contribution in [2.45, 2.75) is 26.3 Å². The standard InChI is InChI=1S/C13H20N4O3S/c1-4-21-6-5-9(2)16-13(18)11-7-10(17(19)20)8-15-12(11)14-3/h7-9H,4-6H2,1-3H3,(H,14,15)(H,16,18). The molecule has 1 unspecified atom stereocenters. The summed E-state index contributed by atoms with van der Waals surface area (Å²) >= 11 is 1.81. The molecule has 116 valence electrons. The molecule has 1 atom stereocenters. The smallest absolute Gasteiger partial charge is 0.288 e. The molecular weight excluding hydrogens is 292 g/mol. The van der Waals surface area contributed by atoms with Crippen LogP contribution in [0.3, 0.4) is 0 Å². The van der Waals surface area contributed by atoms with Gasteiger partial charge in [0, 0.05) is 19.2 Å². The number of nitro groups is 1. The molecule has 0 fully saturated rings. The minimum atomic E-state index is -0.565. The Morgan fingerprint density at radius 1 is 1.57 bits per heavy atom. The van der Waals surface area contributed by atoms with E-state index in [-0.39, 0.29) is 23.2 Å². The van der Waals surface area contributed by atoms with Gasteiger partial charge in [-0.25, -0.2) is 4.98 Å². The summed E-state index contributed by atoms with van der Waals surface area (Å²) in [6, 6.07) is 1.24. The van der Waals surface area contributed by atoms with Crippen molar-refractivity contribution >= 4 is 29.2 Å². The molecule has 1 aromatic rings. The first-order valence-corrected chi connectivity index (χ1v) is 7.85. The second-order valence-corrected chi connectivity index (χ2v) is 5.85. The normalized spacial score (nSPS) is 11.8. The van der Waals surface area contributed by atoms with Crippen LogP contribution in [0.25, 0.3) is 0 Å². The van der Waals surface area contributed by atoms with Gasteiger partial charge in [-0.3, -0.25) is 14.9 Å². The quantitative estimate of drug-likeness (QED) is 0.434. The fourth-order valence-corrected chi connectivity index (χ4v) is 2.51. The van der Waals surface area contributed by atoms with Crippen LogP contribution in [0.2, 0.25) is 0 Å². The maximum absolute atomic E-state index is 12.2. The summed E-state index contributed by atoms with van der Waals surface area (Å²) in [5.41, 5.74) is -0.0185. The summed E-state index contributed by atoms with van der Waals surface area (Å²) in [5, 5.41) is 16.4. The summed E-state index contributed by atoms with van der Waals surface area (Å²) in [5.74, 6) is 1.97. The third-order valence-corrected chi connectivity index (χ3v) is 3.77. The predicted octanol–water partition coefficient (Wildman–Crippen LogP) is 2.29. The lowest BCUT2D eigenvalue weighted by Crippen LogP contribution is -2.33. The maximum Gasteiger partial charge on any atom is 0.288 e. The molecule has 7 nitrogen and oxygen atoms in total. The molecule has 1 heterocycles. The Kier molecular flexibility index (Phi) is 6.93. The fraction of sp³-hybridized carbons (Fsp3) is 0.538. The van der Waals surface area contributed by atoms with E-state index in [1.54, 1.807) is 7.05 Å². The van der Waals surface area contributed by atoms with E-state index >= 15 is 0 Å². The van der Waals surface area contributed by atoms with Gasteiger partial charge in [0.1, 0.15) is 12.0 Å². The lowest BCUT2D eigenvalue weighted by Gasteiger charge is -2.14. The van der Waals surface area contributed by atoms with Gasteiger partial charge in [0.25, 0.3) is 11.6 Å². The topological polar surface area (TPSA) is 97.2 Å². The van der Waals surface area contributed by atoms with Crippen LogP contribution in [-0.2, 0) is 0 Å². The Morgan fingerprint density at radius 3 is 2.86 bits per heavy atom. The minimum Gasteiger partial charge on any atom is -0.372 e. The van der Waals surface area contributed by atoms with Crippen molar-refractivity contribution in [3.63, 3.8) is 0 Å². The maximum atomic E-state index is 12.2. The number of nitrogens with one attached hydrogen (secondary N) is 2. The number of carbonyl (C=O) groups excluding carboxylic acids is 1. The van der Waals surface area contributed by atoms with Crippen molar-refractivity contribution in [1.82, 2.24) is 10.3 Å². The van der Waals surface area contributed by atoms with Crippen molar-refractivity contribution in [3.8, 4) is 0 Å². The summed E-state index contributed by atoms with van der Waals surface area (Å²) in [4.78, 5) is 26.3. The molecule has 0 aliphatic carbocycles. The zero-order valence-electron chi connectivity index (χ0n) is 12.4. The molecule has 0 radical (unpaired) electrons. The zero-order chi connectivity index (χ0) is 15.8. The highest BCUT2D eigenvalue weighted by atomic mass is 32.2. The Balaban J connectivity index is 2.80. The molecule has 0 saturated carbocycles. The number of carbonyl (C=O) groups is 1. The van der Waals surface area contributed by atoms with Crippen LogP contribution in [0, 0.1) is 10.1 Å². The summed E-state index contributed by atoms with van der Waals surface area (Å²) in [6.07, 6.45) is 1.98. The Labute approximate surface area is 128 Å². The van der Waals surface area contributed by atoms with Crippen molar-refractivity contribution in [2.24, 2.45) is 0 Å². The number of hydrogen-bond donors (Lipinski definition) is 2. The van der Waals surface area contributed by atoms with E-state index in [1.807, 2.05) is 18.7 Å². The van der Waals surface area contributed by atoms with Crippen LogP contribution >= 0.6 is 11.8 Å². The number of pyridine rings is 1. The molecule has 1 aromatic heterocycles. The average Bonchev–Trinajstić information content (AvgIpc) is 2.46. The highest BCUT2D eigenvalue weighted by Gasteiger charge is 2.18. The summed E-state index contributed by atoms with van der Waals surface area (Å²) < 4.78 is 0. The van der Waals surface area contributed by atoms with Crippen LogP contribution in [0.1, 0.15) is 30.6 Å². The fourth-order valence-electron chi connectivity index (χ4n) is 1.70. The molecule has 2 N–H and O–H groups in total. The first kappa shape index (κ1) is 17.2. The largest absolute Gasteiger partial charge is 0.372 e. The first-order valence-electron chi connectivity index (χ1n) is 6.70. The number of hydrogen-bond acceptors (Lipinski definition) is 6. The van der Waals surface area contributed by atoms with Gasteiger partial charge < -0.3 is 10.6 Å². The number of thioether (sulfide) groups is 1. The Bertz CT molecular complexity index is 510. The lowest BCUT2D eigenvalue weighted by atomic mass is 10.2. The third-order valence-electron chi connectivity index (χ3n) is 2.84. The number of nitrogens with zero attached hydrogens (tertiary/aromatic N) is 2. The first-order chi connectivity index (χ1) is 9.99. The van der Waals surface area contributed by atoms with Gasteiger partial charge in [0.05, 0.1) is 10.5 Å². The van der Waals surface area contributed by atoms with Crippen LogP contribution in [0.4, 0.5) is 11.5 Å². The van der Waals surface area contributed by atoms with Gasteiger partial charge in [-0.05, 0) is 24.9 Å². The van der Waals surface area contributed by atoms with Crippen molar-refractivity contribution in [1.29, 1.82) is 0 Å². The number of amides is 1. The van der Waals surface area contributed by atoms with Crippen molar-refractivity contribution in [3.05, 3.63) is 27.9 Å². The molecule has 0 bridgehead atoms. The van der Waals surface area contributed by atoms with Gasteiger partial charge in [-0.15, -0.1) is 0 Å². The van der Waals surface area contributed by atoms with E-state index in [0.29, 0.717) is 5.82 Å². The lowest BCUT2D eigenvalue weighted by molar-refractivity contribution is -0.385. The second-order valence-electron chi connectivity index (χ2n) is 4.46. The molecule has 8 heteroatoms. The molecule has 0 spiro atoms. The van der Waals surface area contributed by atoms with E-state index in [0.717, 1.165) is 24.1 Å². The molecule has 0 aromatic carbocycles. The van der Waals surface area contributed by atoms with E-state index in [4.69, 9.17) is 0 Å². The second kappa shape index (κ2) is 8.46. The van der Waals surface area contributed by atoms with E-state index in [2.05, 4.69) is 22.5 Å². The van der Waals surface area contributed by atoms with Crippen molar-refractivity contribution < 1.29 is 9.72 Å².